The highest BCUT2D eigenvalue weighted by Gasteiger charge is 2.16. The molecule has 0 rings (SSSR count). The van der Waals surface area contributed by atoms with Crippen LogP contribution in [0.3, 0.4) is 0 Å². The molecule has 10 nitrogen and oxygen atoms in total. The predicted octanol–water partition coefficient (Wildman–Crippen LogP) is 10.00. The molecule has 0 aliphatic carbocycles. The van der Waals surface area contributed by atoms with Gasteiger partial charge in [0.2, 0.25) is 11.8 Å². The molecule has 0 saturated heterocycles. The number of hydrogen-bond donors (Lipinski definition) is 5. The summed E-state index contributed by atoms with van der Waals surface area (Å²) in [4.78, 5) is 46.3. The van der Waals surface area contributed by atoms with Crippen LogP contribution in [0.25, 0.3) is 0 Å². The lowest BCUT2D eigenvalue weighted by atomic mass is 10.0. The predicted molar refractivity (Wildman–Crippen MR) is 234 cm³/mol. The third-order valence-corrected chi connectivity index (χ3v) is 12.7. The van der Waals surface area contributed by atoms with E-state index >= 15 is 0 Å². The molecule has 0 aromatic rings. The number of hydrogen-bond acceptors (Lipinski definition) is 9. The molecule has 0 fully saturated rings. The van der Waals surface area contributed by atoms with Gasteiger partial charge in [-0.1, -0.05) is 189 Å². The van der Waals surface area contributed by atoms with E-state index in [2.05, 4.69) is 15.4 Å². The average Bonchev–Trinajstić information content (AvgIpc) is 3.17. The summed E-state index contributed by atoms with van der Waals surface area (Å²) in [5.41, 5.74) is 12.2. The zero-order valence-electron chi connectivity index (χ0n) is 35.1. The van der Waals surface area contributed by atoms with Gasteiger partial charge in [-0.15, -0.1) is 0 Å². The maximum Gasteiger partial charge on any atom is 0.305 e. The fourth-order valence-electron chi connectivity index (χ4n) is 6.57. The fraction of sp³-hybridized carbons (Fsp3) is 0.907. The molecule has 0 aliphatic rings. The number of rotatable bonds is 43. The van der Waals surface area contributed by atoms with Gasteiger partial charge in [-0.2, -0.15) is 0 Å². The Bertz CT molecular complexity index is 916. The number of esters is 1. The summed E-state index contributed by atoms with van der Waals surface area (Å²) in [7, 11) is 4.44. The average molecular weight is 817 g/mol. The highest BCUT2D eigenvalue weighted by Crippen LogP contribution is 2.22. The minimum absolute atomic E-state index is 0.0948. The first-order valence-corrected chi connectivity index (χ1v) is 24.9. The standard InChI is InChI=1S/C43H84N4O6S2/c1-53-41(50)33-29-25-21-17-13-9-5-3-7-11-15-19-23-27-31-35-47-43(52)39(45)37-55-54-36-38(44)42(51)46-34-30-26-22-18-14-10-6-2-4-8-12-16-20-24-28-32-40(48)49/h38-39H,2-37,44-45H2,1H3,(H,46,51)(H,47,52)(H,48,49). The summed E-state index contributed by atoms with van der Waals surface area (Å²) >= 11 is 0. The van der Waals surface area contributed by atoms with Crippen LogP contribution < -0.4 is 22.1 Å². The Balaban J connectivity index is 3.45. The second-order valence-electron chi connectivity index (χ2n) is 15.4. The van der Waals surface area contributed by atoms with Crippen LogP contribution in [0.4, 0.5) is 0 Å². The summed E-state index contributed by atoms with van der Waals surface area (Å²) in [6.07, 6.45) is 37.2. The van der Waals surface area contributed by atoms with E-state index in [1.165, 1.54) is 164 Å². The molecule has 0 saturated carbocycles. The van der Waals surface area contributed by atoms with E-state index < -0.39 is 18.1 Å². The van der Waals surface area contributed by atoms with Gasteiger partial charge in [0, 0.05) is 37.4 Å². The van der Waals surface area contributed by atoms with Gasteiger partial charge in [-0.25, -0.2) is 0 Å². The summed E-state index contributed by atoms with van der Waals surface area (Å²) in [6.45, 7) is 1.34. The monoisotopic (exact) mass is 817 g/mol. The molecular weight excluding hydrogens is 733 g/mol. The number of amides is 2. The van der Waals surface area contributed by atoms with Gasteiger partial charge in [-0.05, 0) is 25.7 Å². The van der Waals surface area contributed by atoms with Gasteiger partial charge in [0.25, 0.3) is 0 Å². The van der Waals surface area contributed by atoms with Crippen LogP contribution in [0.5, 0.6) is 0 Å². The van der Waals surface area contributed by atoms with Crippen LogP contribution in [0.2, 0.25) is 0 Å². The van der Waals surface area contributed by atoms with Gasteiger partial charge in [0.05, 0.1) is 19.2 Å². The lowest BCUT2D eigenvalue weighted by molar-refractivity contribution is -0.141. The molecule has 7 N–H and O–H groups in total. The Hall–Kier alpha value is -1.50. The Morgan fingerprint density at radius 1 is 0.455 bits per heavy atom. The lowest BCUT2D eigenvalue weighted by Gasteiger charge is -2.14. The number of carboxylic acids is 1. The summed E-state index contributed by atoms with van der Waals surface area (Å²) < 4.78 is 4.67. The molecule has 0 aromatic heterocycles. The molecular formula is C43H84N4O6S2. The highest BCUT2D eigenvalue weighted by atomic mass is 33.1. The summed E-state index contributed by atoms with van der Waals surface area (Å²) in [5, 5.41) is 14.6. The molecule has 2 unspecified atom stereocenters. The van der Waals surface area contributed by atoms with E-state index in [4.69, 9.17) is 16.6 Å². The molecule has 0 bridgehead atoms. The van der Waals surface area contributed by atoms with E-state index in [9.17, 15) is 19.2 Å². The number of ether oxygens (including phenoxy) is 1. The van der Waals surface area contributed by atoms with Crippen molar-refractivity contribution in [2.45, 2.75) is 218 Å². The van der Waals surface area contributed by atoms with Crippen molar-refractivity contribution in [2.24, 2.45) is 11.5 Å². The van der Waals surface area contributed by atoms with Crippen LogP contribution in [0.1, 0.15) is 205 Å². The van der Waals surface area contributed by atoms with E-state index in [-0.39, 0.29) is 17.8 Å². The van der Waals surface area contributed by atoms with E-state index in [0.717, 1.165) is 57.8 Å². The SMILES string of the molecule is COC(=O)CCCCCCCCCCCCCCCCCNC(=O)C(N)CSSCC(N)C(=O)NCCCCCCCCCCCCCCCCCC(=O)O. The number of carbonyl (C=O) groups excluding carboxylic acids is 3. The quantitative estimate of drug-likeness (QED) is 0.0226. The van der Waals surface area contributed by atoms with Crippen molar-refractivity contribution < 1.29 is 29.0 Å². The van der Waals surface area contributed by atoms with E-state index in [1.54, 1.807) is 0 Å². The van der Waals surface area contributed by atoms with Crippen molar-refractivity contribution in [2.75, 3.05) is 31.7 Å². The van der Waals surface area contributed by atoms with Crippen molar-refractivity contribution in [1.29, 1.82) is 0 Å². The number of unbranched alkanes of at least 4 members (excludes halogenated alkanes) is 28. The first kappa shape index (κ1) is 53.5. The molecule has 0 heterocycles. The van der Waals surface area contributed by atoms with E-state index in [0.29, 0.717) is 37.4 Å². The molecule has 2 amide bonds. The summed E-state index contributed by atoms with van der Waals surface area (Å²) in [6, 6.07) is -1.13. The molecule has 324 valence electrons. The molecule has 0 aromatic carbocycles. The number of nitrogens with one attached hydrogen (secondary N) is 2. The molecule has 0 radical (unpaired) electrons. The van der Waals surface area contributed by atoms with Crippen molar-refractivity contribution in [3.63, 3.8) is 0 Å². The van der Waals surface area contributed by atoms with Gasteiger partial charge in [0.15, 0.2) is 0 Å². The van der Waals surface area contributed by atoms with Crippen molar-refractivity contribution in [3.8, 4) is 0 Å². The highest BCUT2D eigenvalue weighted by molar-refractivity contribution is 8.76. The fourth-order valence-corrected chi connectivity index (χ4v) is 8.82. The third kappa shape index (κ3) is 40.5. The second kappa shape index (κ2) is 42.1. The van der Waals surface area contributed by atoms with Crippen LogP contribution in [0.15, 0.2) is 0 Å². The number of methoxy groups -OCH3 is 1. The number of nitrogens with two attached hydrogens (primary N) is 2. The Morgan fingerprint density at radius 2 is 0.709 bits per heavy atom. The van der Waals surface area contributed by atoms with Crippen LogP contribution in [0, 0.1) is 0 Å². The number of carboxylic acid groups (broad SMARTS) is 1. The van der Waals surface area contributed by atoms with E-state index in [1.807, 2.05) is 0 Å². The molecule has 2 atom stereocenters. The molecule has 12 heteroatoms. The zero-order valence-corrected chi connectivity index (χ0v) is 36.7. The maximum atomic E-state index is 12.3. The Morgan fingerprint density at radius 3 is 0.982 bits per heavy atom. The Labute approximate surface area is 344 Å². The minimum atomic E-state index is -0.682. The molecule has 55 heavy (non-hydrogen) atoms. The van der Waals surface area contributed by atoms with Crippen molar-refractivity contribution >= 4 is 45.3 Å². The van der Waals surface area contributed by atoms with Gasteiger partial charge in [-0.3, -0.25) is 19.2 Å². The second-order valence-corrected chi connectivity index (χ2v) is 18.0. The van der Waals surface area contributed by atoms with Gasteiger partial charge in [0.1, 0.15) is 0 Å². The Kier molecular flexibility index (Phi) is 41.0. The molecule has 0 spiro atoms. The smallest absolute Gasteiger partial charge is 0.305 e. The van der Waals surface area contributed by atoms with Gasteiger partial charge < -0.3 is 31.9 Å². The first-order chi connectivity index (χ1) is 26.8. The largest absolute Gasteiger partial charge is 0.481 e. The molecule has 0 aliphatic heterocycles. The van der Waals surface area contributed by atoms with Crippen molar-refractivity contribution in [1.82, 2.24) is 10.6 Å². The lowest BCUT2D eigenvalue weighted by Crippen LogP contribution is -2.43. The van der Waals surface area contributed by atoms with Crippen molar-refractivity contribution in [3.05, 3.63) is 0 Å². The third-order valence-electron chi connectivity index (χ3n) is 10.2. The normalized spacial score (nSPS) is 12.3. The topological polar surface area (TPSA) is 174 Å². The van der Waals surface area contributed by atoms with Crippen LogP contribution in [-0.4, -0.2) is 72.6 Å². The first-order valence-electron chi connectivity index (χ1n) is 22.4. The van der Waals surface area contributed by atoms with Crippen LogP contribution in [-0.2, 0) is 23.9 Å². The number of aliphatic carboxylic acids is 1. The maximum absolute atomic E-state index is 12.3. The minimum Gasteiger partial charge on any atom is -0.481 e. The van der Waals surface area contributed by atoms with Crippen LogP contribution >= 0.6 is 21.6 Å². The zero-order chi connectivity index (χ0) is 40.5. The summed E-state index contributed by atoms with van der Waals surface area (Å²) in [5.74, 6) is -0.0259. The number of carbonyl (C=O) groups is 4. The van der Waals surface area contributed by atoms with Gasteiger partial charge >= 0.3 is 11.9 Å².